The van der Waals surface area contributed by atoms with E-state index in [4.69, 9.17) is 10.1 Å². The second kappa shape index (κ2) is 13.8. The molecule has 1 fully saturated rings. The average molecular weight is 533 g/mol. The van der Waals surface area contributed by atoms with Crippen LogP contribution < -0.4 is 5.32 Å². The molecule has 6 rings (SSSR count). The maximum Gasteiger partial charge on any atom is 0.251 e. The Hall–Kier alpha value is -4.13. The molecule has 0 atom stereocenters. The Labute approximate surface area is 235 Å². The predicted octanol–water partition coefficient (Wildman–Crippen LogP) is 5.44. The number of aliphatic hydroxyl groups is 1. The highest BCUT2D eigenvalue weighted by atomic mass is 16.3. The monoisotopic (exact) mass is 532 g/mol. The van der Waals surface area contributed by atoms with Gasteiger partial charge in [0.15, 0.2) is 0 Å². The number of nitrogens with zero attached hydrogens (tertiary/aromatic N) is 3. The van der Waals surface area contributed by atoms with E-state index in [9.17, 15) is 4.79 Å². The van der Waals surface area contributed by atoms with E-state index in [1.54, 1.807) is 0 Å². The summed E-state index contributed by atoms with van der Waals surface area (Å²) in [4.78, 5) is 23.9. The zero-order chi connectivity index (χ0) is 27.6. The second-order valence-electron chi connectivity index (χ2n) is 10.2. The summed E-state index contributed by atoms with van der Waals surface area (Å²) in [5.74, 6) is 0.0365. The number of rotatable bonds is 7. The van der Waals surface area contributed by atoms with E-state index in [-0.39, 0.29) is 18.6 Å². The summed E-state index contributed by atoms with van der Waals surface area (Å²) in [6.45, 7) is 3.22. The number of piperidine rings is 1. The Morgan fingerprint density at radius 1 is 0.725 bits per heavy atom. The molecule has 1 saturated heterocycles. The van der Waals surface area contributed by atoms with Crippen LogP contribution in [-0.2, 0) is 12.8 Å². The molecule has 3 aromatic carbocycles. The van der Waals surface area contributed by atoms with Crippen LogP contribution in [0.4, 0.5) is 0 Å². The molecule has 0 saturated carbocycles. The maximum absolute atomic E-state index is 12.3. The molecule has 6 nitrogen and oxygen atoms in total. The SMILES string of the molecule is O=C(NC1CCN(CCc2ccc3ccccc3n2)CC1)c1ccccc1.OCCc1ccc2ccccc2n1. The van der Waals surface area contributed by atoms with Crippen molar-refractivity contribution in [3.8, 4) is 0 Å². The van der Waals surface area contributed by atoms with Gasteiger partial charge in [0.25, 0.3) is 5.91 Å². The van der Waals surface area contributed by atoms with Gasteiger partial charge >= 0.3 is 0 Å². The van der Waals surface area contributed by atoms with Crippen molar-refractivity contribution in [2.24, 2.45) is 0 Å². The van der Waals surface area contributed by atoms with Crippen LogP contribution in [0.15, 0.2) is 103 Å². The molecule has 3 heterocycles. The Kier molecular flexibility index (Phi) is 9.46. The van der Waals surface area contributed by atoms with Crippen molar-refractivity contribution in [2.75, 3.05) is 26.2 Å². The summed E-state index contributed by atoms with van der Waals surface area (Å²) in [5.41, 5.74) is 4.89. The minimum absolute atomic E-state index is 0.0365. The van der Waals surface area contributed by atoms with E-state index in [1.807, 2.05) is 78.9 Å². The molecule has 0 aliphatic carbocycles. The third-order valence-corrected chi connectivity index (χ3v) is 7.32. The normalized spacial score (nSPS) is 14.0. The zero-order valence-corrected chi connectivity index (χ0v) is 22.7. The highest BCUT2D eigenvalue weighted by Gasteiger charge is 2.21. The number of hydrogen-bond acceptors (Lipinski definition) is 5. The molecule has 1 amide bonds. The number of aromatic nitrogens is 2. The predicted molar refractivity (Wildman–Crippen MR) is 161 cm³/mol. The lowest BCUT2D eigenvalue weighted by atomic mass is 10.0. The van der Waals surface area contributed by atoms with Crippen molar-refractivity contribution in [3.05, 3.63) is 120 Å². The molecule has 1 aliphatic heterocycles. The van der Waals surface area contributed by atoms with Gasteiger partial charge in [-0.3, -0.25) is 14.8 Å². The molecule has 0 unspecified atom stereocenters. The van der Waals surface area contributed by atoms with Gasteiger partial charge < -0.3 is 15.3 Å². The molecule has 0 radical (unpaired) electrons. The minimum Gasteiger partial charge on any atom is -0.396 e. The smallest absolute Gasteiger partial charge is 0.251 e. The van der Waals surface area contributed by atoms with Crippen molar-refractivity contribution >= 4 is 27.7 Å². The standard InChI is InChI=1S/C23H25N3O.C11H11NO/c27-23(19-7-2-1-3-8-19)25-21-13-16-26(17-14-21)15-12-20-11-10-18-6-4-5-9-22(18)24-20;13-8-7-10-6-5-9-3-1-2-4-11(9)12-10/h1-11,21H,12-17H2,(H,25,27);1-6,13H,7-8H2. The van der Waals surface area contributed by atoms with Crippen molar-refractivity contribution in [1.82, 2.24) is 20.2 Å². The Balaban J connectivity index is 0.000000207. The maximum atomic E-state index is 12.3. The van der Waals surface area contributed by atoms with Crippen LogP contribution in [0.3, 0.4) is 0 Å². The Morgan fingerprint density at radius 2 is 1.27 bits per heavy atom. The zero-order valence-electron chi connectivity index (χ0n) is 22.7. The van der Waals surface area contributed by atoms with Crippen molar-refractivity contribution in [2.45, 2.75) is 31.7 Å². The highest BCUT2D eigenvalue weighted by Crippen LogP contribution is 2.15. The van der Waals surface area contributed by atoms with E-state index < -0.39 is 0 Å². The number of aliphatic hydroxyl groups excluding tert-OH is 1. The van der Waals surface area contributed by atoms with Crippen LogP contribution in [0.2, 0.25) is 0 Å². The Morgan fingerprint density at radius 3 is 1.88 bits per heavy atom. The molecule has 204 valence electrons. The lowest BCUT2D eigenvalue weighted by molar-refractivity contribution is 0.0911. The van der Waals surface area contributed by atoms with E-state index in [0.717, 1.165) is 72.3 Å². The number of likely N-dealkylation sites (tertiary alicyclic amines) is 1. The van der Waals surface area contributed by atoms with Gasteiger partial charge in [0.1, 0.15) is 0 Å². The number of amides is 1. The van der Waals surface area contributed by atoms with E-state index in [2.05, 4.69) is 39.5 Å². The average Bonchev–Trinajstić information content (AvgIpc) is 3.01. The fraction of sp³-hybridized carbons (Fsp3) is 0.265. The van der Waals surface area contributed by atoms with Gasteiger partial charge in [0.2, 0.25) is 0 Å². The molecular formula is C34H36N4O2. The van der Waals surface area contributed by atoms with Crippen molar-refractivity contribution < 1.29 is 9.90 Å². The van der Waals surface area contributed by atoms with Crippen LogP contribution >= 0.6 is 0 Å². The summed E-state index contributed by atoms with van der Waals surface area (Å²) < 4.78 is 0. The number of hydrogen-bond donors (Lipinski definition) is 2. The van der Waals surface area contributed by atoms with Gasteiger partial charge in [-0.05, 0) is 49.2 Å². The van der Waals surface area contributed by atoms with Gasteiger partial charge in [-0.15, -0.1) is 0 Å². The summed E-state index contributed by atoms with van der Waals surface area (Å²) in [6.07, 6.45) is 3.60. The summed E-state index contributed by atoms with van der Waals surface area (Å²) in [5, 5.41) is 14.3. The number of carbonyl (C=O) groups excluding carboxylic acids is 1. The number of pyridine rings is 2. The topological polar surface area (TPSA) is 78.4 Å². The van der Waals surface area contributed by atoms with Crippen molar-refractivity contribution in [1.29, 1.82) is 0 Å². The fourth-order valence-corrected chi connectivity index (χ4v) is 5.04. The molecule has 0 bridgehead atoms. The summed E-state index contributed by atoms with van der Waals surface area (Å²) in [6, 6.07) is 34.2. The molecular weight excluding hydrogens is 496 g/mol. The number of nitrogens with one attached hydrogen (secondary N) is 1. The number of carbonyl (C=O) groups is 1. The fourth-order valence-electron chi connectivity index (χ4n) is 5.04. The first-order chi connectivity index (χ1) is 19.7. The highest BCUT2D eigenvalue weighted by molar-refractivity contribution is 5.94. The molecule has 2 N–H and O–H groups in total. The van der Waals surface area contributed by atoms with Gasteiger partial charge in [-0.1, -0.05) is 66.7 Å². The lowest BCUT2D eigenvalue weighted by Crippen LogP contribution is -2.45. The van der Waals surface area contributed by atoms with Crippen LogP contribution in [0.25, 0.3) is 21.8 Å². The van der Waals surface area contributed by atoms with Crippen molar-refractivity contribution in [3.63, 3.8) is 0 Å². The second-order valence-corrected chi connectivity index (χ2v) is 10.2. The first-order valence-electron chi connectivity index (χ1n) is 14.1. The van der Waals surface area contributed by atoms with Gasteiger partial charge in [0, 0.05) is 72.8 Å². The van der Waals surface area contributed by atoms with Crippen LogP contribution in [0.1, 0.15) is 34.6 Å². The van der Waals surface area contributed by atoms with Crippen LogP contribution in [0, 0.1) is 0 Å². The van der Waals surface area contributed by atoms with Gasteiger partial charge in [0.05, 0.1) is 11.0 Å². The molecule has 1 aliphatic rings. The number of benzene rings is 3. The first kappa shape index (κ1) is 27.4. The molecule has 5 aromatic rings. The molecule has 2 aromatic heterocycles. The minimum atomic E-state index is 0.0365. The summed E-state index contributed by atoms with van der Waals surface area (Å²) >= 11 is 0. The third kappa shape index (κ3) is 7.50. The summed E-state index contributed by atoms with van der Waals surface area (Å²) in [7, 11) is 0. The first-order valence-corrected chi connectivity index (χ1v) is 14.1. The van der Waals surface area contributed by atoms with E-state index >= 15 is 0 Å². The van der Waals surface area contributed by atoms with E-state index in [1.165, 1.54) is 5.39 Å². The largest absolute Gasteiger partial charge is 0.396 e. The molecule has 0 spiro atoms. The molecule has 40 heavy (non-hydrogen) atoms. The number of fused-ring (bicyclic) bond motifs is 2. The number of para-hydroxylation sites is 2. The van der Waals surface area contributed by atoms with Crippen LogP contribution in [-0.4, -0.2) is 58.2 Å². The quantitative estimate of drug-likeness (QED) is 0.292. The Bertz CT molecular complexity index is 1530. The van der Waals surface area contributed by atoms with E-state index in [0.29, 0.717) is 6.42 Å². The van der Waals surface area contributed by atoms with Gasteiger partial charge in [-0.2, -0.15) is 0 Å². The van der Waals surface area contributed by atoms with Crippen LogP contribution in [0.5, 0.6) is 0 Å². The lowest BCUT2D eigenvalue weighted by Gasteiger charge is -2.32. The third-order valence-electron chi connectivity index (χ3n) is 7.32. The van der Waals surface area contributed by atoms with Gasteiger partial charge in [-0.25, -0.2) is 0 Å². The molecule has 6 heteroatoms.